The van der Waals surface area contributed by atoms with Crippen LogP contribution >= 0.6 is 11.3 Å². The van der Waals surface area contributed by atoms with Crippen molar-refractivity contribution < 1.29 is 14.3 Å². The van der Waals surface area contributed by atoms with Crippen LogP contribution in [-0.4, -0.2) is 29.5 Å². The summed E-state index contributed by atoms with van der Waals surface area (Å²) >= 11 is 1.58. The standard InChI is InChI=1S/C19H26N2O3S/c1-13(2)8-9-14(3)20-17(22)12-24-19(23)11-10-18-21-15-6-4-5-7-16(15)25-18/h4-7,13-14H,8-12H2,1-3H3,(H,20,22)/t14-/m1/s1. The van der Waals surface area contributed by atoms with Crippen LogP contribution in [0.2, 0.25) is 0 Å². The number of carbonyl (C=O) groups is 2. The summed E-state index contributed by atoms with van der Waals surface area (Å²) in [5, 5.41) is 3.76. The Morgan fingerprint density at radius 3 is 2.68 bits per heavy atom. The Balaban J connectivity index is 1.67. The van der Waals surface area contributed by atoms with Crippen molar-refractivity contribution in [3.63, 3.8) is 0 Å². The van der Waals surface area contributed by atoms with E-state index >= 15 is 0 Å². The van der Waals surface area contributed by atoms with Crippen LogP contribution < -0.4 is 5.32 Å². The maximum absolute atomic E-state index is 11.8. The third-order valence-electron chi connectivity index (χ3n) is 3.83. The number of carbonyl (C=O) groups excluding carboxylic acids is 2. The van der Waals surface area contributed by atoms with Gasteiger partial charge in [-0.1, -0.05) is 26.0 Å². The van der Waals surface area contributed by atoms with Crippen LogP contribution in [0.15, 0.2) is 24.3 Å². The van der Waals surface area contributed by atoms with Crippen LogP contribution in [0.1, 0.15) is 45.0 Å². The normalized spacial score (nSPS) is 12.3. The Morgan fingerprint density at radius 1 is 1.20 bits per heavy atom. The fourth-order valence-electron chi connectivity index (χ4n) is 2.43. The van der Waals surface area contributed by atoms with Gasteiger partial charge in [-0.2, -0.15) is 0 Å². The second kappa shape index (κ2) is 9.51. The first-order valence-corrected chi connectivity index (χ1v) is 9.55. The highest BCUT2D eigenvalue weighted by atomic mass is 32.1. The zero-order chi connectivity index (χ0) is 18.2. The molecule has 0 unspecified atom stereocenters. The highest BCUT2D eigenvalue weighted by Crippen LogP contribution is 2.22. The molecule has 136 valence electrons. The van der Waals surface area contributed by atoms with E-state index in [0.29, 0.717) is 12.3 Å². The SMILES string of the molecule is CC(C)CC[C@@H](C)NC(=O)COC(=O)CCc1nc2ccccc2s1. The van der Waals surface area contributed by atoms with Gasteiger partial charge in [-0.3, -0.25) is 9.59 Å². The van der Waals surface area contributed by atoms with Crippen molar-refractivity contribution in [1.82, 2.24) is 10.3 Å². The van der Waals surface area contributed by atoms with Crippen LogP contribution in [0.5, 0.6) is 0 Å². The highest BCUT2D eigenvalue weighted by molar-refractivity contribution is 7.18. The topological polar surface area (TPSA) is 68.3 Å². The first-order chi connectivity index (χ1) is 11.9. The van der Waals surface area contributed by atoms with Crippen molar-refractivity contribution >= 4 is 33.4 Å². The van der Waals surface area contributed by atoms with Crippen molar-refractivity contribution in [2.45, 2.75) is 52.5 Å². The third kappa shape index (κ3) is 6.82. The molecule has 1 atom stereocenters. The number of nitrogens with zero attached hydrogens (tertiary/aromatic N) is 1. The average Bonchev–Trinajstić information content (AvgIpc) is 2.99. The first-order valence-electron chi connectivity index (χ1n) is 8.73. The maximum atomic E-state index is 11.8. The summed E-state index contributed by atoms with van der Waals surface area (Å²) < 4.78 is 6.16. The van der Waals surface area contributed by atoms with Gasteiger partial charge in [-0.25, -0.2) is 4.98 Å². The van der Waals surface area contributed by atoms with Crippen molar-refractivity contribution in [2.75, 3.05) is 6.61 Å². The minimum Gasteiger partial charge on any atom is -0.456 e. The number of aryl methyl sites for hydroxylation is 1. The molecule has 25 heavy (non-hydrogen) atoms. The van der Waals surface area contributed by atoms with Gasteiger partial charge in [0.1, 0.15) is 0 Å². The van der Waals surface area contributed by atoms with Crippen LogP contribution in [-0.2, 0) is 20.7 Å². The van der Waals surface area contributed by atoms with E-state index in [9.17, 15) is 9.59 Å². The van der Waals surface area contributed by atoms with Gasteiger partial charge < -0.3 is 10.1 Å². The molecule has 1 N–H and O–H groups in total. The Hall–Kier alpha value is -1.95. The number of hydrogen-bond acceptors (Lipinski definition) is 5. The Bertz CT molecular complexity index is 679. The molecule has 0 aliphatic rings. The molecular formula is C19H26N2O3S. The molecule has 0 aliphatic carbocycles. The largest absolute Gasteiger partial charge is 0.456 e. The molecule has 2 rings (SSSR count). The summed E-state index contributed by atoms with van der Waals surface area (Å²) in [5.74, 6) is -0.00600. The molecule has 6 heteroatoms. The second-order valence-corrected chi connectivity index (χ2v) is 7.79. The number of hydrogen-bond donors (Lipinski definition) is 1. The van der Waals surface area contributed by atoms with Gasteiger partial charge in [0, 0.05) is 12.5 Å². The first kappa shape index (κ1) is 19.4. The molecule has 0 saturated carbocycles. The number of para-hydroxylation sites is 1. The van der Waals surface area contributed by atoms with E-state index in [1.807, 2.05) is 31.2 Å². The molecule has 1 aromatic carbocycles. The molecule has 0 radical (unpaired) electrons. The number of aromatic nitrogens is 1. The molecule has 1 amide bonds. The number of thiazole rings is 1. The van der Waals surface area contributed by atoms with Gasteiger partial charge in [-0.15, -0.1) is 11.3 Å². The fourth-order valence-corrected chi connectivity index (χ4v) is 3.39. The van der Waals surface area contributed by atoms with E-state index in [4.69, 9.17) is 4.74 Å². The Morgan fingerprint density at radius 2 is 1.96 bits per heavy atom. The quantitative estimate of drug-likeness (QED) is 0.691. The van der Waals surface area contributed by atoms with Gasteiger partial charge in [-0.05, 0) is 37.8 Å². The van der Waals surface area contributed by atoms with E-state index < -0.39 is 0 Å². The lowest BCUT2D eigenvalue weighted by molar-refractivity contribution is -0.148. The molecule has 0 saturated heterocycles. The lowest BCUT2D eigenvalue weighted by atomic mass is 10.0. The minimum atomic E-state index is -0.371. The summed E-state index contributed by atoms with van der Waals surface area (Å²) in [4.78, 5) is 28.1. The van der Waals surface area contributed by atoms with E-state index in [1.165, 1.54) is 0 Å². The van der Waals surface area contributed by atoms with Gasteiger partial charge in [0.05, 0.1) is 21.6 Å². The van der Waals surface area contributed by atoms with Crippen LogP contribution in [0, 0.1) is 5.92 Å². The highest BCUT2D eigenvalue weighted by Gasteiger charge is 2.12. The van der Waals surface area contributed by atoms with Gasteiger partial charge in [0.15, 0.2) is 6.61 Å². The molecule has 1 aromatic heterocycles. The molecule has 1 heterocycles. The van der Waals surface area contributed by atoms with Crippen molar-refractivity contribution in [2.24, 2.45) is 5.92 Å². The minimum absolute atomic E-state index is 0.0938. The van der Waals surface area contributed by atoms with Gasteiger partial charge in [0.25, 0.3) is 5.91 Å². The maximum Gasteiger partial charge on any atom is 0.306 e. The lowest BCUT2D eigenvalue weighted by Gasteiger charge is -2.15. The summed E-state index contributed by atoms with van der Waals surface area (Å²) in [6.07, 6.45) is 2.75. The summed E-state index contributed by atoms with van der Waals surface area (Å²) in [6.45, 7) is 6.06. The Kier molecular flexibility index (Phi) is 7.37. The number of benzene rings is 1. The zero-order valence-electron chi connectivity index (χ0n) is 15.1. The van der Waals surface area contributed by atoms with Crippen LogP contribution in [0.25, 0.3) is 10.2 Å². The van der Waals surface area contributed by atoms with Crippen LogP contribution in [0.3, 0.4) is 0 Å². The van der Waals surface area contributed by atoms with Gasteiger partial charge in [0.2, 0.25) is 0 Å². The lowest BCUT2D eigenvalue weighted by Crippen LogP contribution is -2.36. The molecule has 0 bridgehead atoms. The molecule has 2 aromatic rings. The molecule has 0 spiro atoms. The molecule has 0 fully saturated rings. The number of nitrogens with one attached hydrogen (secondary N) is 1. The smallest absolute Gasteiger partial charge is 0.306 e. The van der Waals surface area contributed by atoms with Crippen molar-refractivity contribution in [3.8, 4) is 0 Å². The number of esters is 1. The number of ether oxygens (including phenoxy) is 1. The summed E-state index contributed by atoms with van der Waals surface area (Å²) in [6, 6.07) is 7.98. The average molecular weight is 362 g/mol. The summed E-state index contributed by atoms with van der Waals surface area (Å²) in [7, 11) is 0. The van der Waals surface area contributed by atoms with Gasteiger partial charge >= 0.3 is 5.97 Å². The molecule has 0 aliphatic heterocycles. The number of rotatable bonds is 9. The molecule has 5 nitrogen and oxygen atoms in total. The third-order valence-corrected chi connectivity index (χ3v) is 4.93. The van der Waals surface area contributed by atoms with E-state index in [0.717, 1.165) is 28.1 Å². The van der Waals surface area contributed by atoms with E-state index in [2.05, 4.69) is 24.1 Å². The van der Waals surface area contributed by atoms with Crippen LogP contribution in [0.4, 0.5) is 0 Å². The van der Waals surface area contributed by atoms with Crippen molar-refractivity contribution in [3.05, 3.63) is 29.3 Å². The predicted molar refractivity (Wildman–Crippen MR) is 101 cm³/mol. The molecular weight excluding hydrogens is 336 g/mol. The predicted octanol–water partition coefficient (Wildman–Crippen LogP) is 3.71. The van der Waals surface area contributed by atoms with E-state index in [-0.39, 0.29) is 30.9 Å². The summed E-state index contributed by atoms with van der Waals surface area (Å²) in [5.41, 5.74) is 0.950. The Labute approximate surface area is 152 Å². The van der Waals surface area contributed by atoms with E-state index in [1.54, 1.807) is 11.3 Å². The second-order valence-electron chi connectivity index (χ2n) is 6.68. The zero-order valence-corrected chi connectivity index (χ0v) is 15.9. The van der Waals surface area contributed by atoms with Crippen molar-refractivity contribution in [1.29, 1.82) is 0 Å². The fraction of sp³-hybridized carbons (Fsp3) is 0.526. The number of fused-ring (bicyclic) bond motifs is 1. The number of amides is 1. The monoisotopic (exact) mass is 362 g/mol.